The monoisotopic (exact) mass is 186 g/mol. The minimum absolute atomic E-state index is 0.316. The molecule has 0 aliphatic heterocycles. The molecule has 0 saturated heterocycles. The van der Waals surface area contributed by atoms with Gasteiger partial charge < -0.3 is 10.2 Å². The summed E-state index contributed by atoms with van der Waals surface area (Å²) in [6.45, 7) is -0.316. The Morgan fingerprint density at radius 1 is 1.25 bits per heavy atom. The van der Waals surface area contributed by atoms with Gasteiger partial charge in [-0.2, -0.15) is 0 Å². The molecule has 0 aromatic heterocycles. The number of aliphatic hydroxyl groups excluding tert-OH is 2. The molecule has 2 atom stereocenters. The maximum absolute atomic E-state index is 9.20. The van der Waals surface area contributed by atoms with Crippen molar-refractivity contribution in [2.45, 2.75) is 11.5 Å². The number of rotatable bonds is 3. The van der Waals surface area contributed by atoms with Crippen molar-refractivity contribution >= 4 is 11.6 Å². The highest BCUT2D eigenvalue weighted by atomic mass is 35.5. The van der Waals surface area contributed by atoms with Gasteiger partial charge in [-0.1, -0.05) is 30.3 Å². The molecule has 0 fully saturated rings. The van der Waals surface area contributed by atoms with Gasteiger partial charge in [-0.25, -0.2) is 0 Å². The first-order valence-electron chi connectivity index (χ1n) is 3.73. The lowest BCUT2D eigenvalue weighted by atomic mass is 10.1. The molecule has 0 bridgehead atoms. The quantitative estimate of drug-likeness (QED) is 0.700. The van der Waals surface area contributed by atoms with Gasteiger partial charge in [0.2, 0.25) is 0 Å². The van der Waals surface area contributed by atoms with E-state index in [2.05, 4.69) is 0 Å². The van der Waals surface area contributed by atoms with Gasteiger partial charge in [-0.15, -0.1) is 11.6 Å². The van der Waals surface area contributed by atoms with Crippen LogP contribution in [0.25, 0.3) is 0 Å². The average Bonchev–Trinajstić information content (AvgIpc) is 2.17. The van der Waals surface area contributed by atoms with Gasteiger partial charge in [0.25, 0.3) is 0 Å². The Labute approximate surface area is 76.4 Å². The smallest absolute Gasteiger partial charge is 0.0975 e. The molecule has 2 N–H and O–H groups in total. The predicted molar refractivity (Wildman–Crippen MR) is 48.1 cm³/mol. The minimum atomic E-state index is -0.894. The van der Waals surface area contributed by atoms with Crippen LogP contribution < -0.4 is 0 Å². The molecule has 0 saturated carbocycles. The third kappa shape index (κ3) is 2.21. The van der Waals surface area contributed by atoms with Crippen LogP contribution in [0.15, 0.2) is 30.3 Å². The Kier molecular flexibility index (Phi) is 3.53. The lowest BCUT2D eigenvalue weighted by Gasteiger charge is -2.14. The maximum atomic E-state index is 9.20. The van der Waals surface area contributed by atoms with Gasteiger partial charge in [0, 0.05) is 0 Å². The topological polar surface area (TPSA) is 40.5 Å². The van der Waals surface area contributed by atoms with E-state index in [1.807, 2.05) is 30.3 Å². The number of alkyl halides is 1. The summed E-state index contributed by atoms with van der Waals surface area (Å²) in [5.74, 6) is 0. The zero-order valence-corrected chi connectivity index (χ0v) is 7.28. The Morgan fingerprint density at radius 2 is 1.83 bits per heavy atom. The first-order chi connectivity index (χ1) is 5.75. The second-order valence-corrected chi connectivity index (χ2v) is 3.03. The molecule has 0 aliphatic carbocycles. The highest BCUT2D eigenvalue weighted by molar-refractivity contribution is 6.21. The van der Waals surface area contributed by atoms with Gasteiger partial charge in [-0.3, -0.25) is 0 Å². The van der Waals surface area contributed by atoms with Gasteiger partial charge in [0.15, 0.2) is 0 Å². The molecule has 0 spiro atoms. The van der Waals surface area contributed by atoms with E-state index < -0.39 is 11.5 Å². The summed E-state index contributed by atoms with van der Waals surface area (Å²) in [5.41, 5.74) is 0.820. The molecule has 2 unspecified atom stereocenters. The van der Waals surface area contributed by atoms with Crippen molar-refractivity contribution in [3.05, 3.63) is 35.9 Å². The number of benzene rings is 1. The SMILES string of the molecule is OCC(O)C(Cl)c1ccccc1. The highest BCUT2D eigenvalue weighted by Crippen LogP contribution is 2.23. The van der Waals surface area contributed by atoms with E-state index in [1.165, 1.54) is 0 Å². The van der Waals surface area contributed by atoms with Gasteiger partial charge in [0.1, 0.15) is 0 Å². The number of hydrogen-bond acceptors (Lipinski definition) is 2. The molecule has 3 heteroatoms. The van der Waals surface area contributed by atoms with Crippen molar-refractivity contribution < 1.29 is 10.2 Å². The molecular formula is C9H11ClO2. The zero-order valence-electron chi connectivity index (χ0n) is 6.52. The summed E-state index contributed by atoms with van der Waals surface area (Å²) < 4.78 is 0. The highest BCUT2D eigenvalue weighted by Gasteiger charge is 2.16. The standard InChI is InChI=1S/C9H11ClO2/c10-9(8(12)6-11)7-4-2-1-3-5-7/h1-5,8-9,11-12H,6H2. The lowest BCUT2D eigenvalue weighted by molar-refractivity contribution is 0.0915. The fraction of sp³-hybridized carbons (Fsp3) is 0.333. The third-order valence-corrected chi connectivity index (χ3v) is 2.19. The fourth-order valence-electron chi connectivity index (χ4n) is 0.952. The second kappa shape index (κ2) is 4.45. The summed E-state index contributed by atoms with van der Waals surface area (Å²) in [4.78, 5) is 0. The van der Waals surface area contributed by atoms with Crippen LogP contribution in [0, 0.1) is 0 Å². The van der Waals surface area contributed by atoms with Crippen LogP contribution in [0.3, 0.4) is 0 Å². The third-order valence-electron chi connectivity index (χ3n) is 1.64. The first kappa shape index (κ1) is 9.52. The van der Waals surface area contributed by atoms with Crippen LogP contribution in [-0.4, -0.2) is 22.9 Å². The molecule has 1 rings (SSSR count). The molecular weight excluding hydrogens is 176 g/mol. The summed E-state index contributed by atoms with van der Waals surface area (Å²) in [7, 11) is 0. The molecule has 2 nitrogen and oxygen atoms in total. The van der Waals surface area contributed by atoms with Crippen molar-refractivity contribution in [1.82, 2.24) is 0 Å². The van der Waals surface area contributed by atoms with E-state index in [4.69, 9.17) is 16.7 Å². The average molecular weight is 187 g/mol. The summed E-state index contributed by atoms with van der Waals surface area (Å²) >= 11 is 5.85. The predicted octanol–water partition coefficient (Wildman–Crippen LogP) is 1.32. The second-order valence-electron chi connectivity index (χ2n) is 2.56. The van der Waals surface area contributed by atoms with Crippen molar-refractivity contribution in [3.63, 3.8) is 0 Å². The Morgan fingerprint density at radius 3 is 2.33 bits per heavy atom. The van der Waals surface area contributed by atoms with Gasteiger partial charge in [0.05, 0.1) is 18.1 Å². The molecule has 0 radical (unpaired) electrons. The first-order valence-corrected chi connectivity index (χ1v) is 4.17. The van der Waals surface area contributed by atoms with E-state index in [0.29, 0.717) is 0 Å². The summed E-state index contributed by atoms with van der Waals surface area (Å²) in [6, 6.07) is 9.19. The maximum Gasteiger partial charge on any atom is 0.0975 e. The molecule has 66 valence electrons. The Bertz CT molecular complexity index is 225. The lowest BCUT2D eigenvalue weighted by Crippen LogP contribution is -2.18. The summed E-state index contributed by atoms with van der Waals surface area (Å²) in [6.07, 6.45) is -0.894. The summed E-state index contributed by atoms with van der Waals surface area (Å²) in [5, 5.41) is 17.3. The van der Waals surface area contributed by atoms with Crippen LogP contribution in [0.5, 0.6) is 0 Å². The number of halogens is 1. The van der Waals surface area contributed by atoms with Crippen LogP contribution >= 0.6 is 11.6 Å². The molecule has 0 aliphatic rings. The van der Waals surface area contributed by atoms with Crippen molar-refractivity contribution in [1.29, 1.82) is 0 Å². The fourth-order valence-corrected chi connectivity index (χ4v) is 1.18. The van der Waals surface area contributed by atoms with Crippen LogP contribution in [0.1, 0.15) is 10.9 Å². The van der Waals surface area contributed by atoms with E-state index in [1.54, 1.807) is 0 Å². The van der Waals surface area contributed by atoms with E-state index >= 15 is 0 Å². The van der Waals surface area contributed by atoms with Crippen LogP contribution in [-0.2, 0) is 0 Å². The van der Waals surface area contributed by atoms with Crippen LogP contribution in [0.2, 0.25) is 0 Å². The van der Waals surface area contributed by atoms with E-state index in [9.17, 15) is 5.11 Å². The molecule has 0 amide bonds. The van der Waals surface area contributed by atoms with E-state index in [-0.39, 0.29) is 6.61 Å². The van der Waals surface area contributed by atoms with E-state index in [0.717, 1.165) is 5.56 Å². The van der Waals surface area contributed by atoms with Crippen molar-refractivity contribution in [3.8, 4) is 0 Å². The number of aliphatic hydroxyl groups is 2. The van der Waals surface area contributed by atoms with Gasteiger partial charge in [-0.05, 0) is 5.56 Å². The molecule has 12 heavy (non-hydrogen) atoms. The van der Waals surface area contributed by atoms with Crippen molar-refractivity contribution in [2.75, 3.05) is 6.61 Å². The van der Waals surface area contributed by atoms with Crippen molar-refractivity contribution in [2.24, 2.45) is 0 Å². The normalized spacial score (nSPS) is 15.6. The molecule has 0 heterocycles. The Hall–Kier alpha value is -0.570. The molecule has 1 aromatic carbocycles. The van der Waals surface area contributed by atoms with Gasteiger partial charge >= 0.3 is 0 Å². The minimum Gasteiger partial charge on any atom is -0.394 e. The molecule has 1 aromatic rings. The number of hydrogen-bond donors (Lipinski definition) is 2. The zero-order chi connectivity index (χ0) is 8.97. The Balaban J connectivity index is 2.71. The largest absolute Gasteiger partial charge is 0.394 e. The van der Waals surface area contributed by atoms with Crippen LogP contribution in [0.4, 0.5) is 0 Å².